The van der Waals surface area contributed by atoms with Crippen molar-refractivity contribution in [2.75, 3.05) is 4.90 Å². The molecule has 3 rings (SSSR count). The average Bonchev–Trinajstić information content (AvgIpc) is 2.54. The van der Waals surface area contributed by atoms with Crippen LogP contribution in [-0.2, 0) is 9.59 Å². The van der Waals surface area contributed by atoms with Crippen molar-refractivity contribution in [2.24, 2.45) is 0 Å². The van der Waals surface area contributed by atoms with Gasteiger partial charge in [-0.1, -0.05) is 48.0 Å². The molecule has 4 amide bonds. The molecule has 0 radical (unpaired) electrons. The molecule has 1 fully saturated rings. The number of nitrogens with one attached hydrogen (secondary N) is 1. The smallest absolute Gasteiger partial charge is 0.273 e. The molecular weight excluding hydrogens is 328 g/mol. The van der Waals surface area contributed by atoms with Gasteiger partial charge in [0.15, 0.2) is 0 Å². The second-order valence-electron chi connectivity index (χ2n) is 5.27. The number of carbonyl (C=O) groups excluding carboxylic acids is 3. The van der Waals surface area contributed by atoms with E-state index in [1.165, 1.54) is 6.08 Å². The molecule has 1 aliphatic rings. The lowest BCUT2D eigenvalue weighted by atomic mass is 10.1. The molecule has 0 aromatic heterocycles. The van der Waals surface area contributed by atoms with E-state index in [1.807, 2.05) is 0 Å². The summed E-state index contributed by atoms with van der Waals surface area (Å²) in [5.74, 6) is -1.42. The molecule has 0 unspecified atom stereocenters. The maximum Gasteiger partial charge on any atom is 0.335 e. The Morgan fingerprint density at radius 2 is 1.67 bits per heavy atom. The zero-order valence-electron chi connectivity index (χ0n) is 12.7. The Kier molecular flexibility index (Phi) is 4.18. The number of nitrogens with zero attached hydrogens (tertiary/aromatic N) is 1. The van der Waals surface area contributed by atoms with Crippen molar-refractivity contribution in [3.05, 3.63) is 70.3 Å². The van der Waals surface area contributed by atoms with Gasteiger partial charge in [0.05, 0.1) is 5.69 Å². The highest BCUT2D eigenvalue weighted by atomic mass is 35.5. The summed E-state index contributed by atoms with van der Waals surface area (Å²) < 4.78 is 0. The Morgan fingerprint density at radius 3 is 2.38 bits per heavy atom. The molecule has 2 aromatic carbocycles. The van der Waals surface area contributed by atoms with Crippen LogP contribution in [0.15, 0.2) is 54.1 Å². The monoisotopic (exact) mass is 340 g/mol. The van der Waals surface area contributed by atoms with Crippen molar-refractivity contribution in [3.63, 3.8) is 0 Å². The molecule has 2 aromatic rings. The van der Waals surface area contributed by atoms with E-state index >= 15 is 0 Å². The van der Waals surface area contributed by atoms with Gasteiger partial charge in [-0.2, -0.15) is 0 Å². The van der Waals surface area contributed by atoms with Crippen molar-refractivity contribution in [2.45, 2.75) is 6.92 Å². The van der Waals surface area contributed by atoms with Crippen molar-refractivity contribution < 1.29 is 14.4 Å². The van der Waals surface area contributed by atoms with E-state index in [1.54, 1.807) is 55.5 Å². The van der Waals surface area contributed by atoms with Gasteiger partial charge in [-0.15, -0.1) is 0 Å². The maximum atomic E-state index is 12.7. The molecule has 0 aliphatic carbocycles. The molecule has 0 bridgehead atoms. The van der Waals surface area contributed by atoms with Crippen molar-refractivity contribution >= 4 is 41.2 Å². The zero-order valence-corrected chi connectivity index (χ0v) is 13.5. The first-order valence-corrected chi connectivity index (χ1v) is 7.58. The van der Waals surface area contributed by atoms with Crippen molar-refractivity contribution in [1.29, 1.82) is 0 Å². The molecule has 1 N–H and O–H groups in total. The summed E-state index contributed by atoms with van der Waals surface area (Å²) >= 11 is 6.08. The van der Waals surface area contributed by atoms with Gasteiger partial charge in [0.1, 0.15) is 5.57 Å². The summed E-state index contributed by atoms with van der Waals surface area (Å²) in [6, 6.07) is 13.0. The van der Waals surface area contributed by atoms with Gasteiger partial charge in [0, 0.05) is 5.02 Å². The summed E-state index contributed by atoms with van der Waals surface area (Å²) in [4.78, 5) is 38.0. The predicted octanol–water partition coefficient (Wildman–Crippen LogP) is 3.31. The Hall–Kier alpha value is -2.92. The number of aryl methyl sites for hydroxylation is 1. The van der Waals surface area contributed by atoms with Gasteiger partial charge < -0.3 is 0 Å². The summed E-state index contributed by atoms with van der Waals surface area (Å²) in [5.41, 5.74) is 1.55. The quantitative estimate of drug-likeness (QED) is 0.673. The normalized spacial score (nSPS) is 16.5. The Labute approximate surface area is 143 Å². The number of hydrogen-bond acceptors (Lipinski definition) is 3. The lowest BCUT2D eigenvalue weighted by Gasteiger charge is -2.27. The van der Waals surface area contributed by atoms with E-state index in [9.17, 15) is 14.4 Å². The molecule has 0 atom stereocenters. The van der Waals surface area contributed by atoms with Crippen LogP contribution in [0.5, 0.6) is 0 Å². The summed E-state index contributed by atoms with van der Waals surface area (Å²) in [6.45, 7) is 1.78. The number of imide groups is 2. The molecule has 1 aliphatic heterocycles. The van der Waals surface area contributed by atoms with Gasteiger partial charge in [0.25, 0.3) is 11.8 Å². The minimum Gasteiger partial charge on any atom is -0.273 e. The van der Waals surface area contributed by atoms with Gasteiger partial charge >= 0.3 is 6.03 Å². The van der Waals surface area contributed by atoms with Crippen LogP contribution in [0, 0.1) is 6.92 Å². The Balaban J connectivity index is 2.07. The zero-order chi connectivity index (χ0) is 17.3. The molecule has 6 heteroatoms. The highest BCUT2D eigenvalue weighted by Crippen LogP contribution is 2.26. The number of rotatable bonds is 2. The van der Waals surface area contributed by atoms with E-state index in [0.29, 0.717) is 16.3 Å². The summed E-state index contributed by atoms with van der Waals surface area (Å²) in [7, 11) is 0. The molecule has 120 valence electrons. The minimum atomic E-state index is -0.768. The number of carbonyl (C=O) groups is 3. The first-order chi connectivity index (χ1) is 11.5. The van der Waals surface area contributed by atoms with E-state index in [-0.39, 0.29) is 5.57 Å². The highest BCUT2D eigenvalue weighted by molar-refractivity contribution is 6.40. The van der Waals surface area contributed by atoms with Crippen LogP contribution in [0.3, 0.4) is 0 Å². The van der Waals surface area contributed by atoms with E-state index in [4.69, 9.17) is 11.6 Å². The molecule has 5 nitrogen and oxygen atoms in total. The number of amides is 4. The van der Waals surface area contributed by atoms with E-state index in [0.717, 1.165) is 10.5 Å². The van der Waals surface area contributed by atoms with Crippen LogP contribution >= 0.6 is 11.6 Å². The number of anilines is 1. The third-order valence-corrected chi connectivity index (χ3v) is 4.01. The van der Waals surface area contributed by atoms with Crippen LogP contribution in [0.4, 0.5) is 10.5 Å². The number of barbiturate groups is 1. The molecule has 1 saturated heterocycles. The van der Waals surface area contributed by atoms with Crippen LogP contribution in [-0.4, -0.2) is 17.8 Å². The fourth-order valence-corrected chi connectivity index (χ4v) is 2.63. The molecule has 1 heterocycles. The van der Waals surface area contributed by atoms with Gasteiger partial charge in [-0.05, 0) is 36.3 Å². The van der Waals surface area contributed by atoms with Crippen LogP contribution in [0.2, 0.25) is 5.02 Å². The lowest BCUT2D eigenvalue weighted by Crippen LogP contribution is -2.54. The number of para-hydroxylation sites is 1. The summed E-state index contributed by atoms with van der Waals surface area (Å²) in [6.07, 6.45) is 1.39. The van der Waals surface area contributed by atoms with Gasteiger partial charge in [-0.25, -0.2) is 9.69 Å². The lowest BCUT2D eigenvalue weighted by molar-refractivity contribution is -0.122. The Morgan fingerprint density at radius 1 is 1.00 bits per heavy atom. The number of halogens is 1. The summed E-state index contributed by atoms with van der Waals surface area (Å²) in [5, 5.41) is 2.60. The first-order valence-electron chi connectivity index (χ1n) is 7.20. The fraction of sp³-hybridized carbons (Fsp3) is 0.0556. The van der Waals surface area contributed by atoms with Gasteiger partial charge in [0.2, 0.25) is 0 Å². The SMILES string of the molecule is Cc1ccccc1N1C(=O)NC(=O)/C(=C\c2ccccc2Cl)C1=O. The maximum absolute atomic E-state index is 12.7. The number of urea groups is 1. The standard InChI is InChI=1S/C18H13ClN2O3/c1-11-6-2-5-9-15(11)21-17(23)13(16(22)20-18(21)24)10-12-7-3-4-8-14(12)19/h2-10H,1H3,(H,20,22,24)/b13-10+. The fourth-order valence-electron chi connectivity index (χ4n) is 2.44. The second-order valence-corrected chi connectivity index (χ2v) is 5.67. The average molecular weight is 341 g/mol. The molecular formula is C18H13ClN2O3. The second kappa shape index (κ2) is 6.29. The number of benzene rings is 2. The van der Waals surface area contributed by atoms with Crippen LogP contribution in [0.1, 0.15) is 11.1 Å². The van der Waals surface area contributed by atoms with Crippen molar-refractivity contribution in [3.8, 4) is 0 Å². The molecule has 0 spiro atoms. The van der Waals surface area contributed by atoms with E-state index < -0.39 is 17.8 Å². The topological polar surface area (TPSA) is 66.5 Å². The Bertz CT molecular complexity index is 889. The highest BCUT2D eigenvalue weighted by Gasteiger charge is 2.37. The number of hydrogen-bond donors (Lipinski definition) is 1. The molecule has 24 heavy (non-hydrogen) atoms. The van der Waals surface area contributed by atoms with E-state index in [2.05, 4.69) is 5.32 Å². The van der Waals surface area contributed by atoms with Crippen LogP contribution in [0.25, 0.3) is 6.08 Å². The first kappa shape index (κ1) is 16.0. The largest absolute Gasteiger partial charge is 0.335 e. The van der Waals surface area contributed by atoms with Crippen LogP contribution < -0.4 is 10.2 Å². The van der Waals surface area contributed by atoms with Crippen molar-refractivity contribution in [1.82, 2.24) is 5.32 Å². The third kappa shape index (κ3) is 2.81. The molecule has 0 saturated carbocycles. The predicted molar refractivity (Wildman–Crippen MR) is 91.6 cm³/mol. The van der Waals surface area contributed by atoms with Gasteiger partial charge in [-0.3, -0.25) is 14.9 Å². The minimum absolute atomic E-state index is 0.147. The third-order valence-electron chi connectivity index (χ3n) is 3.66.